The molecule has 0 atom stereocenters. The van der Waals surface area contributed by atoms with Crippen LogP contribution >= 0.6 is 0 Å². The largest absolute Gasteiger partial charge is 0.496 e. The second-order valence-corrected chi connectivity index (χ2v) is 4.81. The van der Waals surface area contributed by atoms with Crippen LogP contribution in [0, 0.1) is 6.92 Å². The molecule has 0 aliphatic heterocycles. The summed E-state index contributed by atoms with van der Waals surface area (Å²) in [4.78, 5) is 0. The van der Waals surface area contributed by atoms with Gasteiger partial charge < -0.3 is 10.5 Å². The van der Waals surface area contributed by atoms with Crippen molar-refractivity contribution in [1.82, 2.24) is 0 Å². The van der Waals surface area contributed by atoms with Gasteiger partial charge in [-0.1, -0.05) is 17.7 Å². The number of alkyl halides is 1. The van der Waals surface area contributed by atoms with E-state index in [2.05, 4.69) is 0 Å². The Morgan fingerprint density at radius 2 is 2.19 bits per heavy atom. The van der Waals surface area contributed by atoms with Crippen molar-refractivity contribution in [2.24, 2.45) is 5.73 Å². The molecule has 0 amide bonds. The molecule has 3 heteroatoms. The Kier molecular flexibility index (Phi) is 2.89. The van der Waals surface area contributed by atoms with Gasteiger partial charge in [0.05, 0.1) is 7.11 Å². The summed E-state index contributed by atoms with van der Waals surface area (Å²) in [5, 5.41) is 0. The lowest BCUT2D eigenvalue weighted by molar-refractivity contribution is 0.0438. The Bertz CT molecular complexity index is 386. The van der Waals surface area contributed by atoms with Crippen molar-refractivity contribution in [1.29, 1.82) is 0 Å². The molecule has 0 radical (unpaired) electrons. The van der Waals surface area contributed by atoms with Crippen LogP contribution < -0.4 is 10.5 Å². The van der Waals surface area contributed by atoms with Crippen LogP contribution in [0.25, 0.3) is 0 Å². The summed E-state index contributed by atoms with van der Waals surface area (Å²) in [7, 11) is 1.62. The molecule has 16 heavy (non-hydrogen) atoms. The van der Waals surface area contributed by atoms with Gasteiger partial charge in [-0.05, 0) is 31.4 Å². The molecule has 2 N–H and O–H groups in total. The first kappa shape index (κ1) is 11.4. The molecule has 0 bridgehead atoms. The molecule has 0 saturated heterocycles. The van der Waals surface area contributed by atoms with Gasteiger partial charge in [0.15, 0.2) is 0 Å². The molecule has 1 aliphatic rings. The second kappa shape index (κ2) is 4.06. The Morgan fingerprint density at radius 3 is 2.75 bits per heavy atom. The number of nitrogens with two attached hydrogens (primary N) is 1. The number of ether oxygens (including phenoxy) is 1. The Morgan fingerprint density at radius 1 is 1.50 bits per heavy atom. The van der Waals surface area contributed by atoms with Gasteiger partial charge in [0.1, 0.15) is 11.4 Å². The van der Waals surface area contributed by atoms with Crippen LogP contribution in [0.1, 0.15) is 24.0 Å². The minimum Gasteiger partial charge on any atom is -0.496 e. The van der Waals surface area contributed by atoms with Gasteiger partial charge in [0, 0.05) is 12.5 Å². The van der Waals surface area contributed by atoms with E-state index in [1.165, 1.54) is 0 Å². The maximum absolute atomic E-state index is 14.2. The highest BCUT2D eigenvalue weighted by Gasteiger charge is 2.43. The van der Waals surface area contributed by atoms with E-state index in [4.69, 9.17) is 10.5 Å². The molecular weight excluding hydrogens is 205 g/mol. The number of benzene rings is 1. The van der Waals surface area contributed by atoms with E-state index in [0.29, 0.717) is 19.3 Å². The lowest BCUT2D eigenvalue weighted by Gasteiger charge is -2.39. The predicted octanol–water partition coefficient (Wildman–Crippen LogP) is 2.38. The normalized spacial score (nSPS) is 28.6. The fraction of sp³-hybridized carbons (Fsp3) is 0.538. The minimum absolute atomic E-state index is 0.0285. The molecule has 88 valence electrons. The highest BCUT2D eigenvalue weighted by atomic mass is 19.1. The van der Waals surface area contributed by atoms with Crippen molar-refractivity contribution in [3.63, 3.8) is 0 Å². The van der Waals surface area contributed by atoms with Crippen molar-refractivity contribution < 1.29 is 9.13 Å². The molecule has 1 aromatic carbocycles. The number of halogens is 1. The third kappa shape index (κ3) is 2.19. The third-order valence-electron chi connectivity index (χ3n) is 3.20. The van der Waals surface area contributed by atoms with Crippen molar-refractivity contribution in [2.75, 3.05) is 7.11 Å². The van der Waals surface area contributed by atoms with Gasteiger partial charge in [0.25, 0.3) is 0 Å². The lowest BCUT2D eigenvalue weighted by Crippen LogP contribution is -2.49. The molecule has 0 spiro atoms. The van der Waals surface area contributed by atoms with Gasteiger partial charge >= 0.3 is 0 Å². The molecule has 2 nitrogen and oxygen atoms in total. The molecule has 0 heterocycles. The lowest BCUT2D eigenvalue weighted by atomic mass is 9.74. The number of hydrogen-bond donors (Lipinski definition) is 1. The molecular formula is C13H18FNO. The summed E-state index contributed by atoms with van der Waals surface area (Å²) in [5.41, 5.74) is 6.58. The highest BCUT2D eigenvalue weighted by Crippen LogP contribution is 2.39. The van der Waals surface area contributed by atoms with Crippen LogP contribution in [0.5, 0.6) is 5.75 Å². The van der Waals surface area contributed by atoms with Crippen LogP contribution in [0.4, 0.5) is 4.39 Å². The van der Waals surface area contributed by atoms with Crippen LogP contribution in [0.15, 0.2) is 18.2 Å². The summed E-state index contributed by atoms with van der Waals surface area (Å²) >= 11 is 0. The summed E-state index contributed by atoms with van der Waals surface area (Å²) in [6, 6.07) is 5.89. The molecule has 1 aromatic rings. The Labute approximate surface area is 95.6 Å². The quantitative estimate of drug-likeness (QED) is 0.853. The van der Waals surface area contributed by atoms with Gasteiger partial charge in [0.2, 0.25) is 0 Å². The topological polar surface area (TPSA) is 35.2 Å². The fourth-order valence-electron chi connectivity index (χ4n) is 2.41. The van der Waals surface area contributed by atoms with E-state index < -0.39 is 5.67 Å². The SMILES string of the molecule is COc1ccc(C)cc1CC1(F)CC(N)C1. The van der Waals surface area contributed by atoms with Crippen LogP contribution in [0.2, 0.25) is 0 Å². The molecule has 1 fully saturated rings. The Hall–Kier alpha value is -1.09. The maximum atomic E-state index is 14.2. The summed E-state index contributed by atoms with van der Waals surface area (Å²) < 4.78 is 19.4. The van der Waals surface area contributed by atoms with Crippen molar-refractivity contribution in [2.45, 2.75) is 37.9 Å². The van der Waals surface area contributed by atoms with Gasteiger partial charge in [-0.15, -0.1) is 0 Å². The molecule has 1 saturated carbocycles. The highest BCUT2D eigenvalue weighted by molar-refractivity contribution is 5.38. The fourth-order valence-corrected chi connectivity index (χ4v) is 2.41. The maximum Gasteiger partial charge on any atom is 0.122 e. The molecule has 0 unspecified atom stereocenters. The average molecular weight is 223 g/mol. The zero-order valence-corrected chi connectivity index (χ0v) is 9.79. The number of aryl methyl sites for hydroxylation is 1. The first-order valence-electron chi connectivity index (χ1n) is 5.60. The predicted molar refractivity (Wildman–Crippen MR) is 62.5 cm³/mol. The summed E-state index contributed by atoms with van der Waals surface area (Å²) in [6.45, 7) is 2.00. The minimum atomic E-state index is -1.12. The zero-order chi connectivity index (χ0) is 11.8. The van der Waals surface area contributed by atoms with E-state index in [1.54, 1.807) is 7.11 Å². The van der Waals surface area contributed by atoms with Crippen LogP contribution in [-0.4, -0.2) is 18.8 Å². The number of hydrogen-bond acceptors (Lipinski definition) is 2. The van der Waals surface area contributed by atoms with Crippen molar-refractivity contribution >= 4 is 0 Å². The monoisotopic (exact) mass is 223 g/mol. The summed E-state index contributed by atoms with van der Waals surface area (Å²) in [5.74, 6) is 0.767. The van der Waals surface area contributed by atoms with E-state index in [-0.39, 0.29) is 6.04 Å². The smallest absolute Gasteiger partial charge is 0.122 e. The van der Waals surface area contributed by atoms with Crippen molar-refractivity contribution in [3.05, 3.63) is 29.3 Å². The third-order valence-corrected chi connectivity index (χ3v) is 3.20. The van der Waals surface area contributed by atoms with E-state index in [1.807, 2.05) is 25.1 Å². The standard InChI is InChI=1S/C13H18FNO/c1-9-3-4-12(16-2)10(5-9)6-13(14)7-11(15)8-13/h3-5,11H,6-8,15H2,1-2H3. The van der Waals surface area contributed by atoms with Crippen molar-refractivity contribution in [3.8, 4) is 5.75 Å². The zero-order valence-electron chi connectivity index (χ0n) is 9.79. The number of methoxy groups -OCH3 is 1. The molecule has 2 rings (SSSR count). The first-order valence-corrected chi connectivity index (χ1v) is 5.60. The second-order valence-electron chi connectivity index (χ2n) is 4.81. The first-order chi connectivity index (χ1) is 7.52. The van der Waals surface area contributed by atoms with E-state index >= 15 is 0 Å². The molecule has 1 aliphatic carbocycles. The van der Waals surface area contributed by atoms with Crippen LogP contribution in [-0.2, 0) is 6.42 Å². The number of rotatable bonds is 3. The summed E-state index contributed by atoms with van der Waals surface area (Å²) in [6.07, 6.45) is 1.33. The van der Waals surface area contributed by atoms with E-state index in [0.717, 1.165) is 16.9 Å². The average Bonchev–Trinajstić information content (AvgIpc) is 2.15. The molecule has 0 aromatic heterocycles. The van der Waals surface area contributed by atoms with Crippen LogP contribution in [0.3, 0.4) is 0 Å². The van der Waals surface area contributed by atoms with Gasteiger partial charge in [-0.3, -0.25) is 0 Å². The van der Waals surface area contributed by atoms with E-state index in [9.17, 15) is 4.39 Å². The Balaban J connectivity index is 2.17. The van der Waals surface area contributed by atoms with Gasteiger partial charge in [-0.25, -0.2) is 4.39 Å². The van der Waals surface area contributed by atoms with Gasteiger partial charge in [-0.2, -0.15) is 0 Å².